The largest absolute Gasteiger partial charge is 0.394 e. The minimum absolute atomic E-state index is 0.0321. The van der Waals surface area contributed by atoms with E-state index < -0.39 is 0 Å². The Labute approximate surface area is 109 Å². The molecule has 0 radical (unpaired) electrons. The van der Waals surface area contributed by atoms with Crippen LogP contribution in [0, 0.1) is 11.8 Å². The van der Waals surface area contributed by atoms with Crippen molar-refractivity contribution in [3.8, 4) is 0 Å². The van der Waals surface area contributed by atoms with E-state index in [0.717, 1.165) is 38.3 Å². The monoisotopic (exact) mass is 252 g/mol. The Hall–Kier alpha value is -0.610. The second-order valence-electron chi connectivity index (χ2n) is 6.10. The van der Waals surface area contributed by atoms with E-state index in [-0.39, 0.29) is 24.6 Å². The third-order valence-corrected chi connectivity index (χ3v) is 5.13. The van der Waals surface area contributed by atoms with Crippen molar-refractivity contribution in [1.82, 2.24) is 10.2 Å². The summed E-state index contributed by atoms with van der Waals surface area (Å²) in [5.74, 6) is 1.53. The van der Waals surface area contributed by atoms with Gasteiger partial charge in [-0.15, -0.1) is 0 Å². The number of aliphatic hydroxyl groups excluding tert-OH is 1. The summed E-state index contributed by atoms with van der Waals surface area (Å²) in [4.78, 5) is 14.6. The highest BCUT2D eigenvalue weighted by Crippen LogP contribution is 2.38. The molecule has 2 aliphatic heterocycles. The van der Waals surface area contributed by atoms with E-state index in [1.807, 2.05) is 4.90 Å². The Morgan fingerprint density at radius 3 is 2.94 bits per heavy atom. The first-order valence-corrected chi connectivity index (χ1v) is 7.46. The number of piperidine rings is 1. The smallest absolute Gasteiger partial charge is 0.240 e. The lowest BCUT2D eigenvalue weighted by atomic mass is 9.92. The summed E-state index contributed by atoms with van der Waals surface area (Å²) in [7, 11) is 0. The van der Waals surface area contributed by atoms with Gasteiger partial charge in [0.05, 0.1) is 18.7 Å². The Balaban J connectivity index is 1.69. The number of carbonyl (C=O) groups excluding carboxylic acids is 1. The summed E-state index contributed by atoms with van der Waals surface area (Å²) < 4.78 is 0. The molecule has 2 N–H and O–H groups in total. The van der Waals surface area contributed by atoms with Crippen molar-refractivity contribution in [3.63, 3.8) is 0 Å². The number of carbonyl (C=O) groups is 1. The van der Waals surface area contributed by atoms with Gasteiger partial charge in [0.2, 0.25) is 5.91 Å². The second kappa shape index (κ2) is 5.17. The highest BCUT2D eigenvalue weighted by molar-refractivity contribution is 5.83. The van der Waals surface area contributed by atoms with Crippen molar-refractivity contribution < 1.29 is 9.90 Å². The number of aliphatic hydroxyl groups is 1. The molecule has 0 bridgehead atoms. The van der Waals surface area contributed by atoms with E-state index in [4.69, 9.17) is 0 Å². The van der Waals surface area contributed by atoms with Gasteiger partial charge in [0.25, 0.3) is 0 Å². The summed E-state index contributed by atoms with van der Waals surface area (Å²) >= 11 is 0. The average molecular weight is 252 g/mol. The van der Waals surface area contributed by atoms with Crippen LogP contribution in [0.5, 0.6) is 0 Å². The maximum atomic E-state index is 12.7. The Morgan fingerprint density at radius 2 is 2.11 bits per heavy atom. The quantitative estimate of drug-likeness (QED) is 0.762. The van der Waals surface area contributed by atoms with Gasteiger partial charge in [-0.25, -0.2) is 0 Å². The van der Waals surface area contributed by atoms with Gasteiger partial charge >= 0.3 is 0 Å². The highest BCUT2D eigenvalue weighted by Gasteiger charge is 2.44. The molecule has 102 valence electrons. The van der Waals surface area contributed by atoms with Gasteiger partial charge in [0.15, 0.2) is 0 Å². The molecule has 2 heterocycles. The molecule has 3 rings (SSSR count). The maximum Gasteiger partial charge on any atom is 0.240 e. The number of hydrogen-bond donors (Lipinski definition) is 2. The first-order chi connectivity index (χ1) is 8.81. The molecular formula is C14H24N2O2. The predicted molar refractivity (Wildman–Crippen MR) is 69.1 cm³/mol. The first-order valence-electron chi connectivity index (χ1n) is 7.46. The van der Waals surface area contributed by atoms with Crippen LogP contribution >= 0.6 is 0 Å². The fourth-order valence-corrected chi connectivity index (χ4v) is 4.12. The average Bonchev–Trinajstić information content (AvgIpc) is 3.00. The lowest BCUT2D eigenvalue weighted by molar-refractivity contribution is -0.139. The lowest BCUT2D eigenvalue weighted by Crippen LogP contribution is -2.53. The van der Waals surface area contributed by atoms with Gasteiger partial charge in [-0.1, -0.05) is 6.42 Å². The number of amides is 1. The van der Waals surface area contributed by atoms with E-state index >= 15 is 0 Å². The Morgan fingerprint density at radius 1 is 1.22 bits per heavy atom. The fraction of sp³-hybridized carbons (Fsp3) is 0.929. The number of nitrogens with zero attached hydrogens (tertiary/aromatic N) is 1. The van der Waals surface area contributed by atoms with Gasteiger partial charge in [-0.05, 0) is 50.5 Å². The number of fused-ring (bicyclic) bond motifs is 1. The van der Waals surface area contributed by atoms with Crippen LogP contribution in [0.3, 0.4) is 0 Å². The third kappa shape index (κ3) is 2.05. The van der Waals surface area contributed by atoms with Crippen molar-refractivity contribution in [1.29, 1.82) is 0 Å². The van der Waals surface area contributed by atoms with Crippen molar-refractivity contribution in [2.24, 2.45) is 11.8 Å². The lowest BCUT2D eigenvalue weighted by Gasteiger charge is -2.37. The van der Waals surface area contributed by atoms with Crippen LogP contribution in [-0.2, 0) is 4.79 Å². The number of likely N-dealkylation sites (tertiary alicyclic amines) is 1. The summed E-state index contributed by atoms with van der Waals surface area (Å²) in [5.41, 5.74) is 0. The molecule has 3 fully saturated rings. The van der Waals surface area contributed by atoms with Crippen LogP contribution in [-0.4, -0.2) is 47.7 Å². The maximum absolute atomic E-state index is 12.7. The van der Waals surface area contributed by atoms with Crippen LogP contribution < -0.4 is 5.32 Å². The van der Waals surface area contributed by atoms with Crippen molar-refractivity contribution in [2.75, 3.05) is 19.7 Å². The SMILES string of the molecule is O=C(C1NCC2CCCC21)N1CCCCC1CO. The Kier molecular flexibility index (Phi) is 3.57. The molecule has 4 nitrogen and oxygen atoms in total. The van der Waals surface area contributed by atoms with E-state index in [9.17, 15) is 9.90 Å². The molecule has 4 heteroatoms. The summed E-state index contributed by atoms with van der Waals surface area (Å²) in [6.07, 6.45) is 6.95. The first kappa shape index (κ1) is 12.4. The van der Waals surface area contributed by atoms with Crippen LogP contribution in [0.4, 0.5) is 0 Å². The minimum Gasteiger partial charge on any atom is -0.394 e. The van der Waals surface area contributed by atoms with Crippen LogP contribution in [0.15, 0.2) is 0 Å². The molecule has 4 atom stereocenters. The highest BCUT2D eigenvalue weighted by atomic mass is 16.3. The minimum atomic E-state index is 0.0321. The molecule has 1 amide bonds. The molecule has 1 saturated carbocycles. The van der Waals surface area contributed by atoms with Crippen LogP contribution in [0.1, 0.15) is 38.5 Å². The molecule has 0 aromatic heterocycles. The van der Waals surface area contributed by atoms with Crippen LogP contribution in [0.25, 0.3) is 0 Å². The molecule has 4 unspecified atom stereocenters. The molecule has 1 aliphatic carbocycles. The van der Waals surface area contributed by atoms with Gasteiger partial charge < -0.3 is 15.3 Å². The zero-order chi connectivity index (χ0) is 12.5. The second-order valence-corrected chi connectivity index (χ2v) is 6.10. The number of nitrogens with one attached hydrogen (secondary N) is 1. The van der Waals surface area contributed by atoms with Gasteiger partial charge in [0, 0.05) is 6.54 Å². The molecule has 0 spiro atoms. The van der Waals surface area contributed by atoms with Crippen molar-refractivity contribution in [2.45, 2.75) is 50.6 Å². The van der Waals surface area contributed by atoms with E-state index in [1.165, 1.54) is 19.3 Å². The molecule has 2 saturated heterocycles. The van der Waals surface area contributed by atoms with E-state index in [2.05, 4.69) is 5.32 Å². The van der Waals surface area contributed by atoms with Gasteiger partial charge in [0.1, 0.15) is 0 Å². The van der Waals surface area contributed by atoms with Gasteiger partial charge in [-0.2, -0.15) is 0 Å². The van der Waals surface area contributed by atoms with Crippen molar-refractivity contribution in [3.05, 3.63) is 0 Å². The molecule has 0 aromatic rings. The van der Waals surface area contributed by atoms with E-state index in [0.29, 0.717) is 5.92 Å². The predicted octanol–water partition coefficient (Wildman–Crippen LogP) is 0.748. The van der Waals surface area contributed by atoms with Crippen LogP contribution in [0.2, 0.25) is 0 Å². The number of rotatable bonds is 2. The zero-order valence-corrected chi connectivity index (χ0v) is 11.0. The standard InChI is InChI=1S/C14H24N2O2/c17-9-11-5-1-2-7-16(11)14(18)13-12-6-3-4-10(12)8-15-13/h10-13,15,17H,1-9H2. The molecule has 0 aromatic carbocycles. The number of hydrogen-bond acceptors (Lipinski definition) is 3. The van der Waals surface area contributed by atoms with Crippen molar-refractivity contribution >= 4 is 5.91 Å². The topological polar surface area (TPSA) is 52.6 Å². The molecular weight excluding hydrogens is 228 g/mol. The summed E-state index contributed by atoms with van der Waals surface area (Å²) in [6.45, 7) is 1.96. The normalized spacial score (nSPS) is 39.9. The van der Waals surface area contributed by atoms with E-state index in [1.54, 1.807) is 0 Å². The zero-order valence-electron chi connectivity index (χ0n) is 11.0. The molecule has 3 aliphatic rings. The summed E-state index contributed by atoms with van der Waals surface area (Å²) in [6, 6.07) is 0.0955. The van der Waals surface area contributed by atoms with Gasteiger partial charge in [-0.3, -0.25) is 4.79 Å². The third-order valence-electron chi connectivity index (χ3n) is 5.13. The fourth-order valence-electron chi connectivity index (χ4n) is 4.12. The molecule has 18 heavy (non-hydrogen) atoms. The summed E-state index contributed by atoms with van der Waals surface area (Å²) in [5, 5.41) is 12.9. The Bertz CT molecular complexity index is 315.